The quantitative estimate of drug-likeness (QED) is 0.492. The van der Waals surface area contributed by atoms with E-state index in [0.29, 0.717) is 13.0 Å². The van der Waals surface area contributed by atoms with Gasteiger partial charge < -0.3 is 19.2 Å². The van der Waals surface area contributed by atoms with E-state index in [-0.39, 0.29) is 23.3 Å². The van der Waals surface area contributed by atoms with Crippen LogP contribution in [0.25, 0.3) is 10.8 Å². The highest BCUT2D eigenvalue weighted by atomic mass is 28.4. The van der Waals surface area contributed by atoms with E-state index in [2.05, 4.69) is 38.8 Å². The summed E-state index contributed by atoms with van der Waals surface area (Å²) in [4.78, 5) is 19.3. The van der Waals surface area contributed by atoms with E-state index >= 15 is 0 Å². The van der Waals surface area contributed by atoms with E-state index in [0.717, 1.165) is 29.2 Å². The van der Waals surface area contributed by atoms with Gasteiger partial charge in [0, 0.05) is 30.4 Å². The standard InChI is InChI=1S/C27H42N2O4Si/c1-26(2,3)32-25(31)29-18-21(33-34(7,8)27(4,5)6)13-12-20(29)16-24(30)22-11-9-10-19-14-15-28-17-23(19)22/h9-11,14-15,17,20-21,24,30H,12-13,16,18H2,1-8H3. The summed E-state index contributed by atoms with van der Waals surface area (Å²) in [6.45, 7) is 17.3. The average Bonchev–Trinajstić information content (AvgIpc) is 2.72. The first-order chi connectivity index (χ1) is 15.7. The number of carbonyl (C=O) groups excluding carboxylic acids is 1. The Hall–Kier alpha value is -1.96. The molecule has 0 saturated carbocycles. The molecular weight excluding hydrogens is 444 g/mol. The second-order valence-electron chi connectivity index (χ2n) is 12.1. The van der Waals surface area contributed by atoms with Gasteiger partial charge in [-0.15, -0.1) is 0 Å². The molecule has 1 amide bonds. The zero-order valence-electron chi connectivity index (χ0n) is 22.1. The molecule has 1 aliphatic heterocycles. The number of nitrogens with zero attached hydrogens (tertiary/aromatic N) is 2. The van der Waals surface area contributed by atoms with Crippen molar-refractivity contribution >= 4 is 25.2 Å². The molecule has 3 unspecified atom stereocenters. The number of pyridine rings is 1. The summed E-state index contributed by atoms with van der Waals surface area (Å²) in [5.41, 5.74) is 0.254. The van der Waals surface area contributed by atoms with Gasteiger partial charge in [-0.3, -0.25) is 4.98 Å². The lowest BCUT2D eigenvalue weighted by atomic mass is 9.91. The van der Waals surface area contributed by atoms with Crippen molar-refractivity contribution in [2.75, 3.05) is 6.54 Å². The molecular formula is C27H42N2O4Si. The van der Waals surface area contributed by atoms with Crippen molar-refractivity contribution in [2.24, 2.45) is 0 Å². The molecule has 1 aromatic carbocycles. The number of aromatic nitrogens is 1. The molecule has 1 N–H and O–H groups in total. The van der Waals surface area contributed by atoms with Crippen LogP contribution >= 0.6 is 0 Å². The predicted molar refractivity (Wildman–Crippen MR) is 139 cm³/mol. The van der Waals surface area contributed by atoms with Crippen LogP contribution in [0.3, 0.4) is 0 Å². The van der Waals surface area contributed by atoms with Crippen LogP contribution in [-0.4, -0.2) is 53.7 Å². The van der Waals surface area contributed by atoms with Gasteiger partial charge in [0.25, 0.3) is 0 Å². The molecule has 3 rings (SSSR count). The van der Waals surface area contributed by atoms with Gasteiger partial charge in [0.15, 0.2) is 8.32 Å². The molecule has 1 saturated heterocycles. The predicted octanol–water partition coefficient (Wildman–Crippen LogP) is 6.45. The Morgan fingerprint density at radius 1 is 1.18 bits per heavy atom. The number of benzene rings is 1. The summed E-state index contributed by atoms with van der Waals surface area (Å²) in [6.07, 6.45) is 4.55. The van der Waals surface area contributed by atoms with Gasteiger partial charge in [0.1, 0.15) is 5.60 Å². The van der Waals surface area contributed by atoms with Gasteiger partial charge in [-0.05, 0) is 75.2 Å². The molecule has 1 aliphatic rings. The van der Waals surface area contributed by atoms with E-state index in [9.17, 15) is 9.90 Å². The highest BCUT2D eigenvalue weighted by molar-refractivity contribution is 6.74. The topological polar surface area (TPSA) is 71.9 Å². The molecule has 0 radical (unpaired) electrons. The SMILES string of the molecule is CC(C)(C)OC(=O)N1CC(O[Si](C)(C)C(C)(C)C)CCC1CC(O)c1cccc2ccncc12. The zero-order chi connectivity index (χ0) is 25.3. The number of carbonyl (C=O) groups is 1. The van der Waals surface area contributed by atoms with E-state index < -0.39 is 20.0 Å². The van der Waals surface area contributed by atoms with Crippen LogP contribution in [0.1, 0.15) is 72.5 Å². The average molecular weight is 487 g/mol. The fourth-order valence-electron chi connectivity index (χ4n) is 4.28. The van der Waals surface area contributed by atoms with E-state index in [1.54, 1.807) is 17.3 Å². The van der Waals surface area contributed by atoms with Gasteiger partial charge in [-0.1, -0.05) is 39.0 Å². The third kappa shape index (κ3) is 6.37. The first-order valence-electron chi connectivity index (χ1n) is 12.4. The van der Waals surface area contributed by atoms with Crippen LogP contribution in [0, 0.1) is 0 Å². The molecule has 7 heteroatoms. The molecule has 6 nitrogen and oxygen atoms in total. The minimum atomic E-state index is -1.98. The Bertz CT molecular complexity index is 991. The molecule has 34 heavy (non-hydrogen) atoms. The number of fused-ring (bicyclic) bond motifs is 1. The molecule has 1 aromatic heterocycles. The fourth-order valence-corrected chi connectivity index (χ4v) is 5.66. The number of amides is 1. The molecule has 0 aliphatic carbocycles. The number of likely N-dealkylation sites (tertiary alicyclic amines) is 1. The van der Waals surface area contributed by atoms with Gasteiger partial charge in [-0.2, -0.15) is 0 Å². The number of aliphatic hydroxyl groups is 1. The van der Waals surface area contributed by atoms with Crippen LogP contribution in [0.4, 0.5) is 4.79 Å². The van der Waals surface area contributed by atoms with Crippen molar-refractivity contribution in [2.45, 2.75) is 103 Å². The fraction of sp³-hybridized carbons (Fsp3) is 0.630. The Morgan fingerprint density at radius 2 is 1.88 bits per heavy atom. The molecule has 3 atom stereocenters. The van der Waals surface area contributed by atoms with Crippen LogP contribution in [-0.2, 0) is 9.16 Å². The lowest BCUT2D eigenvalue weighted by Crippen LogP contribution is -2.54. The van der Waals surface area contributed by atoms with Gasteiger partial charge in [-0.25, -0.2) is 4.79 Å². The molecule has 1 fully saturated rings. The van der Waals surface area contributed by atoms with Crippen LogP contribution < -0.4 is 0 Å². The summed E-state index contributed by atoms with van der Waals surface area (Å²) in [7, 11) is -1.98. The molecule has 2 heterocycles. The van der Waals surface area contributed by atoms with E-state index in [1.807, 2.05) is 45.0 Å². The van der Waals surface area contributed by atoms with Crippen LogP contribution in [0.5, 0.6) is 0 Å². The minimum Gasteiger partial charge on any atom is -0.444 e. The van der Waals surface area contributed by atoms with Crippen LogP contribution in [0.2, 0.25) is 18.1 Å². The molecule has 2 aromatic rings. The second kappa shape index (κ2) is 9.95. The van der Waals surface area contributed by atoms with Crippen molar-refractivity contribution in [1.82, 2.24) is 9.88 Å². The van der Waals surface area contributed by atoms with E-state index in [4.69, 9.17) is 9.16 Å². The molecule has 0 spiro atoms. The third-order valence-corrected chi connectivity index (χ3v) is 11.7. The van der Waals surface area contributed by atoms with Crippen LogP contribution in [0.15, 0.2) is 36.7 Å². The maximum atomic E-state index is 13.2. The zero-order valence-corrected chi connectivity index (χ0v) is 23.1. The lowest BCUT2D eigenvalue weighted by Gasteiger charge is -2.45. The minimum absolute atomic E-state index is 0.0245. The summed E-state index contributed by atoms with van der Waals surface area (Å²) < 4.78 is 12.4. The van der Waals surface area contributed by atoms with Gasteiger partial charge in [0.05, 0.1) is 12.2 Å². The molecule has 0 bridgehead atoms. The Kier molecular flexibility index (Phi) is 7.80. The highest BCUT2D eigenvalue weighted by Gasteiger charge is 2.42. The van der Waals surface area contributed by atoms with Gasteiger partial charge >= 0.3 is 6.09 Å². The first-order valence-corrected chi connectivity index (χ1v) is 15.3. The lowest BCUT2D eigenvalue weighted by molar-refractivity contribution is -0.0189. The Morgan fingerprint density at radius 3 is 2.53 bits per heavy atom. The van der Waals surface area contributed by atoms with Crippen molar-refractivity contribution in [3.05, 3.63) is 42.2 Å². The maximum Gasteiger partial charge on any atom is 0.410 e. The monoisotopic (exact) mass is 486 g/mol. The van der Waals surface area contributed by atoms with Crippen molar-refractivity contribution in [3.8, 4) is 0 Å². The first kappa shape index (κ1) is 26.6. The maximum absolute atomic E-state index is 13.2. The number of rotatable bonds is 5. The largest absolute Gasteiger partial charge is 0.444 e. The Labute approximate surface area is 205 Å². The number of piperidine rings is 1. The second-order valence-corrected chi connectivity index (χ2v) is 16.8. The van der Waals surface area contributed by atoms with Crippen molar-refractivity contribution in [3.63, 3.8) is 0 Å². The summed E-state index contributed by atoms with van der Waals surface area (Å²) in [5.74, 6) is 0. The van der Waals surface area contributed by atoms with Crippen molar-refractivity contribution < 1.29 is 19.1 Å². The Balaban J connectivity index is 1.81. The summed E-state index contributed by atoms with van der Waals surface area (Å²) >= 11 is 0. The summed E-state index contributed by atoms with van der Waals surface area (Å²) in [6, 6.07) is 7.73. The number of ether oxygens (including phenoxy) is 1. The van der Waals surface area contributed by atoms with Gasteiger partial charge in [0.2, 0.25) is 0 Å². The van der Waals surface area contributed by atoms with Crippen molar-refractivity contribution in [1.29, 1.82) is 0 Å². The number of hydrogen-bond donors (Lipinski definition) is 1. The third-order valence-electron chi connectivity index (χ3n) is 7.13. The smallest absolute Gasteiger partial charge is 0.410 e. The highest BCUT2D eigenvalue weighted by Crippen LogP contribution is 2.39. The molecule has 188 valence electrons. The number of aliphatic hydroxyl groups excluding tert-OH is 1. The summed E-state index contributed by atoms with van der Waals surface area (Å²) in [5, 5.41) is 13.3. The number of hydrogen-bond acceptors (Lipinski definition) is 5. The normalized spacial score (nSPS) is 20.9. The van der Waals surface area contributed by atoms with E-state index in [1.165, 1.54) is 0 Å².